The Kier molecular flexibility index (Phi) is 2.08. The zero-order valence-electron chi connectivity index (χ0n) is 9.93. The topological polar surface area (TPSA) is 0 Å². The van der Waals surface area contributed by atoms with E-state index in [1.54, 1.807) is 0 Å². The predicted molar refractivity (Wildman–Crippen MR) is 80.4 cm³/mol. The Balaban J connectivity index is 2.31. The van der Waals surface area contributed by atoms with E-state index in [0.717, 1.165) is 0 Å². The van der Waals surface area contributed by atoms with Crippen molar-refractivity contribution in [2.24, 2.45) is 0 Å². The fraction of sp³-hybridized carbons (Fsp3) is 0. The van der Waals surface area contributed by atoms with Gasteiger partial charge < -0.3 is 0 Å². The first-order chi connectivity index (χ1) is 8.93. The predicted octanol–water partition coefficient (Wildman–Crippen LogP) is 4.47. The van der Waals surface area contributed by atoms with Gasteiger partial charge in [0.1, 0.15) is 0 Å². The van der Waals surface area contributed by atoms with Crippen LogP contribution in [0, 0.1) is 0 Å². The summed E-state index contributed by atoms with van der Waals surface area (Å²) in [6.45, 7) is 0. The van der Waals surface area contributed by atoms with Crippen LogP contribution in [0.4, 0.5) is 0 Å². The molecule has 0 aliphatic heterocycles. The van der Waals surface area contributed by atoms with E-state index in [-0.39, 0.29) is 0 Å². The molecule has 0 radical (unpaired) electrons. The number of hydrogen-bond donors (Lipinski definition) is 0. The third-order valence-electron chi connectivity index (χ3n) is 3.65. The van der Waals surface area contributed by atoms with Crippen molar-refractivity contribution < 1.29 is 0 Å². The van der Waals surface area contributed by atoms with Crippen LogP contribution < -0.4 is 0 Å². The lowest BCUT2D eigenvalue weighted by Crippen LogP contribution is -1.92. The third kappa shape index (κ3) is 1.34. The summed E-state index contributed by atoms with van der Waals surface area (Å²) in [5, 5.41) is 4.16. The molecule has 4 rings (SSSR count). The van der Waals surface area contributed by atoms with Crippen LogP contribution in [0.5, 0.6) is 0 Å². The molecule has 18 heavy (non-hydrogen) atoms. The van der Waals surface area contributed by atoms with Crippen molar-refractivity contribution in [1.82, 2.24) is 0 Å². The Morgan fingerprint density at radius 2 is 1.33 bits per heavy atom. The van der Waals surface area contributed by atoms with Gasteiger partial charge in [-0.3, -0.25) is 0 Å². The Labute approximate surface area is 107 Å². The van der Waals surface area contributed by atoms with E-state index in [1.165, 1.54) is 26.2 Å². The van der Waals surface area contributed by atoms with Crippen molar-refractivity contribution >= 4 is 34.3 Å². The van der Waals surface area contributed by atoms with E-state index in [2.05, 4.69) is 72.4 Å². The minimum Gasteiger partial charge on any atom is -0.0725 e. The van der Waals surface area contributed by atoms with E-state index in [4.69, 9.17) is 0 Å². The van der Waals surface area contributed by atoms with Gasteiger partial charge in [-0.15, -0.1) is 0 Å². The molecular weight excluding hydrogens is 232 g/mol. The molecule has 0 unspecified atom stereocenters. The molecule has 2 heterocycles. The van der Waals surface area contributed by atoms with Gasteiger partial charge in [0.25, 0.3) is 0 Å². The summed E-state index contributed by atoms with van der Waals surface area (Å²) >= 11 is 0. The first-order valence-electron chi connectivity index (χ1n) is 6.23. The summed E-state index contributed by atoms with van der Waals surface area (Å²) in [7, 11) is -0.709. The van der Waals surface area contributed by atoms with Gasteiger partial charge in [-0.25, -0.2) is 0 Å². The fourth-order valence-electron chi connectivity index (χ4n) is 2.77. The minimum absolute atomic E-state index is 0.709. The van der Waals surface area contributed by atoms with Crippen LogP contribution in [0.3, 0.4) is 0 Å². The molecule has 0 atom stereocenters. The standard InChI is InChI=1S/C17H12Si/c1-3-7-15-13(5-1)11-12-18-16-8-4-2-6-14(16)9-10-17(15)18/h1-12H. The van der Waals surface area contributed by atoms with Crippen molar-refractivity contribution in [1.29, 1.82) is 0 Å². The molecule has 0 saturated heterocycles. The molecule has 2 aromatic heterocycles. The van der Waals surface area contributed by atoms with Gasteiger partial charge in [-0.1, -0.05) is 72.4 Å². The average molecular weight is 244 g/mol. The van der Waals surface area contributed by atoms with Crippen molar-refractivity contribution in [3.63, 3.8) is 0 Å². The fourth-order valence-corrected chi connectivity index (χ4v) is 5.30. The van der Waals surface area contributed by atoms with Gasteiger partial charge in [-0.05, 0) is 26.2 Å². The SMILES string of the molecule is c1ccc2c(c1)cc[si]1c3ccccc3ccc21. The molecule has 0 saturated carbocycles. The molecule has 0 spiro atoms. The van der Waals surface area contributed by atoms with E-state index < -0.39 is 8.20 Å². The summed E-state index contributed by atoms with van der Waals surface area (Å²) in [5.74, 6) is 0. The lowest BCUT2D eigenvalue weighted by molar-refractivity contribution is 1.80. The molecule has 0 aliphatic carbocycles. The molecule has 84 valence electrons. The van der Waals surface area contributed by atoms with Crippen molar-refractivity contribution in [2.45, 2.75) is 0 Å². The highest BCUT2D eigenvalue weighted by atomic mass is 28.2. The van der Waals surface area contributed by atoms with Crippen LogP contribution in [-0.2, 0) is 0 Å². The maximum Gasteiger partial charge on any atom is 0.0816 e. The highest BCUT2D eigenvalue weighted by Crippen LogP contribution is 2.23. The minimum atomic E-state index is -0.709. The van der Waals surface area contributed by atoms with E-state index in [9.17, 15) is 0 Å². The maximum atomic E-state index is 2.42. The highest BCUT2D eigenvalue weighted by molar-refractivity contribution is 6.72. The molecule has 2 aromatic carbocycles. The van der Waals surface area contributed by atoms with Crippen LogP contribution in [0.15, 0.2) is 72.4 Å². The Bertz CT molecular complexity index is 803. The highest BCUT2D eigenvalue weighted by Gasteiger charge is 2.03. The molecule has 0 aliphatic rings. The average Bonchev–Trinajstić information content (AvgIpc) is 2.46. The van der Waals surface area contributed by atoms with Crippen LogP contribution in [0.25, 0.3) is 26.2 Å². The molecule has 4 aromatic rings. The molecule has 0 amide bonds. The first-order valence-corrected chi connectivity index (χ1v) is 7.80. The molecule has 0 N–H and O–H groups in total. The Hall–Kier alpha value is -1.99. The summed E-state index contributed by atoms with van der Waals surface area (Å²) in [5.41, 5.74) is 2.42. The monoisotopic (exact) mass is 244 g/mol. The van der Waals surface area contributed by atoms with Crippen molar-refractivity contribution in [2.75, 3.05) is 0 Å². The van der Waals surface area contributed by atoms with Crippen LogP contribution >= 0.6 is 0 Å². The van der Waals surface area contributed by atoms with Crippen LogP contribution in [0.2, 0.25) is 0 Å². The largest absolute Gasteiger partial charge is 0.0816 e. The van der Waals surface area contributed by atoms with Crippen molar-refractivity contribution in [3.05, 3.63) is 72.4 Å². The quantitative estimate of drug-likeness (QED) is 0.316. The summed E-state index contributed by atoms with van der Waals surface area (Å²) in [6.07, 6.45) is 0. The molecule has 0 fully saturated rings. The number of hydrogen-bond acceptors (Lipinski definition) is 0. The van der Waals surface area contributed by atoms with Gasteiger partial charge in [0.2, 0.25) is 0 Å². The number of fused-ring (bicyclic) bond motifs is 5. The zero-order chi connectivity index (χ0) is 11.9. The molecule has 0 nitrogen and oxygen atoms in total. The second-order valence-corrected chi connectivity index (χ2v) is 6.91. The van der Waals surface area contributed by atoms with E-state index in [0.29, 0.717) is 0 Å². The summed E-state index contributed by atoms with van der Waals surface area (Å²) < 4.78 is 0. The Morgan fingerprint density at radius 1 is 0.556 bits per heavy atom. The third-order valence-corrected chi connectivity index (χ3v) is 6.20. The van der Waals surface area contributed by atoms with Crippen LogP contribution in [0.1, 0.15) is 0 Å². The normalized spacial score (nSPS) is 11.3. The lowest BCUT2D eigenvalue weighted by Gasteiger charge is -2.06. The first kappa shape index (κ1) is 9.98. The second-order valence-electron chi connectivity index (χ2n) is 4.67. The summed E-state index contributed by atoms with van der Waals surface area (Å²) in [4.78, 5) is 3.04. The van der Waals surface area contributed by atoms with Crippen LogP contribution in [-0.4, -0.2) is 8.20 Å². The molecule has 1 heteroatoms. The summed E-state index contributed by atoms with van der Waals surface area (Å²) in [6, 6.07) is 24.3. The van der Waals surface area contributed by atoms with E-state index in [1.807, 2.05) is 0 Å². The van der Waals surface area contributed by atoms with Gasteiger partial charge >= 0.3 is 0 Å². The number of benzene rings is 2. The van der Waals surface area contributed by atoms with E-state index >= 15 is 0 Å². The number of rotatable bonds is 0. The zero-order valence-corrected chi connectivity index (χ0v) is 10.9. The lowest BCUT2D eigenvalue weighted by atomic mass is 10.2. The van der Waals surface area contributed by atoms with Gasteiger partial charge in [0.05, 0.1) is 8.20 Å². The smallest absolute Gasteiger partial charge is 0.0725 e. The molecular formula is C17H12Si. The van der Waals surface area contributed by atoms with Gasteiger partial charge in [0.15, 0.2) is 0 Å². The van der Waals surface area contributed by atoms with Gasteiger partial charge in [0, 0.05) is 0 Å². The van der Waals surface area contributed by atoms with Gasteiger partial charge in [-0.2, -0.15) is 0 Å². The maximum absolute atomic E-state index is 2.42. The second kappa shape index (κ2) is 3.75. The van der Waals surface area contributed by atoms with Crippen molar-refractivity contribution in [3.8, 4) is 0 Å². The Morgan fingerprint density at radius 3 is 2.28 bits per heavy atom. The molecule has 0 bridgehead atoms.